The van der Waals surface area contributed by atoms with Crippen LogP contribution in [0.3, 0.4) is 0 Å². The van der Waals surface area contributed by atoms with E-state index in [9.17, 15) is 21.4 Å². The summed E-state index contributed by atoms with van der Waals surface area (Å²) in [4.78, 5) is 0. The Labute approximate surface area is 67.6 Å². The van der Waals surface area contributed by atoms with Crippen molar-refractivity contribution in [2.45, 2.75) is 6.29 Å². The van der Waals surface area contributed by atoms with Crippen molar-refractivity contribution in [3.05, 3.63) is 0 Å². The maximum atomic E-state index is 12.2. The van der Waals surface area contributed by atoms with E-state index in [1.807, 2.05) is 0 Å². The molecular weight excluding hydrogens is 218 g/mol. The second kappa shape index (κ2) is 2.37. The van der Waals surface area contributed by atoms with Crippen molar-refractivity contribution in [3.63, 3.8) is 0 Å². The zero-order chi connectivity index (χ0) is 9.62. The molecule has 0 amide bonds. The molecule has 1 rings (SSSR count). The average Bonchev–Trinajstić information content (AvgIpc) is 1.44. The van der Waals surface area contributed by atoms with Gasteiger partial charge in [0.1, 0.15) is 9.80 Å². The monoisotopic (exact) mass is 222 g/mol. The molecule has 0 aromatic heterocycles. The maximum absolute atomic E-state index is 12.2. The van der Waals surface area contributed by atoms with Crippen LogP contribution in [0.15, 0.2) is 0 Å². The van der Waals surface area contributed by atoms with Crippen LogP contribution in [-0.2, 0) is 28.3 Å². The second-order valence-corrected chi connectivity index (χ2v) is 5.93. The maximum Gasteiger partial charge on any atom is 0.512 e. The molecule has 0 saturated carbocycles. The van der Waals surface area contributed by atoms with E-state index >= 15 is 0 Å². The fraction of sp³-hybridized carbons (Fsp3) is 0.667. The molecule has 72 valence electrons. The van der Waals surface area contributed by atoms with E-state index < -0.39 is 31.3 Å². The molecule has 5 nitrogen and oxygen atoms in total. The van der Waals surface area contributed by atoms with Crippen LogP contribution in [0.4, 0.5) is 8.78 Å². The van der Waals surface area contributed by atoms with Crippen molar-refractivity contribution in [2.75, 3.05) is 5.08 Å². The third-order valence-electron chi connectivity index (χ3n) is 0.797. The van der Waals surface area contributed by atoms with Gasteiger partial charge in [-0.1, -0.05) is 0 Å². The van der Waals surface area contributed by atoms with E-state index in [0.717, 1.165) is 0 Å². The standard InChI is InChI=1S/C3H4F2O5S2/c1-11(6)2-12(7,8)10-3(4,5)9-11/h1-2H2. The van der Waals surface area contributed by atoms with Crippen LogP contribution < -0.4 is 0 Å². The minimum absolute atomic E-state index is 1.16. The van der Waals surface area contributed by atoms with Crippen molar-refractivity contribution >= 4 is 25.8 Å². The molecule has 0 aromatic carbocycles. The van der Waals surface area contributed by atoms with Crippen molar-refractivity contribution < 1.29 is 29.8 Å². The van der Waals surface area contributed by atoms with Gasteiger partial charge >= 0.3 is 6.29 Å². The third-order valence-corrected chi connectivity index (χ3v) is 4.33. The van der Waals surface area contributed by atoms with Gasteiger partial charge < -0.3 is 0 Å². The Balaban J connectivity index is 3.14. The van der Waals surface area contributed by atoms with Gasteiger partial charge in [-0.05, 0) is 5.87 Å². The summed E-state index contributed by atoms with van der Waals surface area (Å²) in [6.45, 7) is 0. The molecule has 0 radical (unpaired) electrons. The minimum atomic E-state index is -4.51. The highest BCUT2D eigenvalue weighted by atomic mass is 32.3. The first-order chi connectivity index (χ1) is 5.12. The van der Waals surface area contributed by atoms with E-state index in [-0.39, 0.29) is 0 Å². The zero-order valence-corrected chi connectivity index (χ0v) is 7.16. The summed E-state index contributed by atoms with van der Waals surface area (Å²) in [6, 6.07) is 0. The number of hydrogen-bond acceptors (Lipinski definition) is 5. The summed E-state index contributed by atoms with van der Waals surface area (Å²) in [5.74, 6) is 2.69. The molecule has 9 heteroatoms. The third kappa shape index (κ3) is 2.37. The van der Waals surface area contributed by atoms with Gasteiger partial charge in [0.25, 0.3) is 10.1 Å². The number of hydrogen-bond donors (Lipinski definition) is 0. The first-order valence-corrected chi connectivity index (χ1v) is 5.88. The van der Waals surface area contributed by atoms with Crippen LogP contribution in [-0.4, -0.2) is 29.9 Å². The van der Waals surface area contributed by atoms with Gasteiger partial charge in [-0.2, -0.15) is 12.6 Å². The lowest BCUT2D eigenvalue weighted by molar-refractivity contribution is -0.304. The molecule has 0 spiro atoms. The first-order valence-electron chi connectivity index (χ1n) is 2.49. The fourth-order valence-electron chi connectivity index (χ4n) is 0.607. The Hall–Kier alpha value is -0.250. The SMILES string of the molecule is C=S1(=O)CS(=O)(=O)OC(F)(F)O1. The molecule has 12 heavy (non-hydrogen) atoms. The minimum Gasteiger partial charge on any atom is -0.239 e. The van der Waals surface area contributed by atoms with Gasteiger partial charge in [0, 0.05) is 0 Å². The summed E-state index contributed by atoms with van der Waals surface area (Å²) >= 11 is 0. The van der Waals surface area contributed by atoms with Crippen LogP contribution in [0.2, 0.25) is 0 Å². The number of halogens is 2. The quantitative estimate of drug-likeness (QED) is 0.408. The molecule has 0 aliphatic carbocycles. The highest BCUT2D eigenvalue weighted by Gasteiger charge is 2.48. The van der Waals surface area contributed by atoms with E-state index in [2.05, 4.69) is 14.2 Å². The van der Waals surface area contributed by atoms with E-state index in [0.29, 0.717) is 0 Å². The molecule has 1 fully saturated rings. The second-order valence-electron chi connectivity index (χ2n) is 2.05. The van der Waals surface area contributed by atoms with E-state index in [4.69, 9.17) is 0 Å². The van der Waals surface area contributed by atoms with Crippen LogP contribution in [0.1, 0.15) is 0 Å². The highest BCUT2D eigenvalue weighted by Crippen LogP contribution is 2.28. The smallest absolute Gasteiger partial charge is 0.239 e. The predicted molar refractivity (Wildman–Crippen MR) is 36.2 cm³/mol. The summed E-state index contributed by atoms with van der Waals surface area (Å²) in [6.07, 6.45) is -4.38. The van der Waals surface area contributed by atoms with Gasteiger partial charge in [-0.25, -0.2) is 8.39 Å². The molecule has 0 N–H and O–H groups in total. The highest BCUT2D eigenvalue weighted by molar-refractivity contribution is 8.08. The molecule has 1 unspecified atom stereocenters. The first kappa shape index (κ1) is 9.84. The van der Waals surface area contributed by atoms with Gasteiger partial charge in [0.2, 0.25) is 0 Å². The Bertz CT molecular complexity index is 343. The van der Waals surface area contributed by atoms with Gasteiger partial charge in [-0.15, -0.1) is 8.78 Å². The van der Waals surface area contributed by atoms with E-state index in [1.165, 1.54) is 0 Å². The lowest BCUT2D eigenvalue weighted by Gasteiger charge is -2.22. The molecule has 0 aromatic rings. The number of rotatable bonds is 0. The molecule has 1 aliphatic heterocycles. The van der Waals surface area contributed by atoms with Crippen molar-refractivity contribution in [3.8, 4) is 0 Å². The predicted octanol–water partition coefficient (Wildman–Crippen LogP) is -0.498. The summed E-state index contributed by atoms with van der Waals surface area (Å²) in [5, 5.41) is -1.16. The van der Waals surface area contributed by atoms with Crippen molar-refractivity contribution in [1.82, 2.24) is 0 Å². The number of alkyl halides is 2. The average molecular weight is 222 g/mol. The molecule has 1 saturated heterocycles. The van der Waals surface area contributed by atoms with Gasteiger partial charge in [-0.3, -0.25) is 0 Å². The summed E-state index contributed by atoms with van der Waals surface area (Å²) in [5.41, 5.74) is 0. The topological polar surface area (TPSA) is 69.7 Å². The molecule has 1 atom stereocenters. The Morgan fingerprint density at radius 3 is 2.08 bits per heavy atom. The van der Waals surface area contributed by atoms with Gasteiger partial charge in [0.05, 0.1) is 0 Å². The van der Waals surface area contributed by atoms with Gasteiger partial charge in [0.15, 0.2) is 5.08 Å². The Morgan fingerprint density at radius 2 is 1.75 bits per heavy atom. The molecular formula is C3H4F2O5S2. The van der Waals surface area contributed by atoms with Crippen LogP contribution in [0.5, 0.6) is 0 Å². The van der Waals surface area contributed by atoms with Crippen LogP contribution in [0.25, 0.3) is 0 Å². The summed E-state index contributed by atoms with van der Waals surface area (Å²) in [7, 11) is -8.27. The zero-order valence-electron chi connectivity index (χ0n) is 5.53. The largest absolute Gasteiger partial charge is 0.512 e. The summed E-state index contributed by atoms with van der Waals surface area (Å²) < 4.78 is 62.7. The Morgan fingerprint density at radius 1 is 1.25 bits per heavy atom. The molecule has 1 heterocycles. The lowest BCUT2D eigenvalue weighted by Crippen LogP contribution is -2.40. The van der Waals surface area contributed by atoms with E-state index in [1.54, 1.807) is 0 Å². The lowest BCUT2D eigenvalue weighted by atomic mass is 11.3. The van der Waals surface area contributed by atoms with Crippen molar-refractivity contribution in [1.29, 1.82) is 0 Å². The van der Waals surface area contributed by atoms with Crippen LogP contribution in [0, 0.1) is 0 Å². The molecule has 0 bridgehead atoms. The molecule has 1 aliphatic rings. The Kier molecular flexibility index (Phi) is 1.95. The normalized spacial score (nSPS) is 39.2. The van der Waals surface area contributed by atoms with Crippen molar-refractivity contribution in [2.24, 2.45) is 0 Å². The van der Waals surface area contributed by atoms with Crippen LogP contribution >= 0.6 is 0 Å². The fourth-order valence-corrected chi connectivity index (χ4v) is 3.51.